The molecule has 3 heterocycles. The number of nitrogens with one attached hydrogen (secondary N) is 2. The molecule has 0 spiro atoms. The standard InChI is InChI=1S/C23H19ClN6O/c24-15-12-26-23(27-13-15)29-20-11-19(17-5-1-2-6-18(17)20)28-21-9-8-16(14-25-21)30-10-4-3-7-22(30)31/h1-10,12-14,19-20H,11H2,(H,25,28)(H,26,27,29)/t19-,20-/m1/s1. The van der Waals surface area contributed by atoms with Gasteiger partial charge >= 0.3 is 0 Å². The summed E-state index contributed by atoms with van der Waals surface area (Å²) < 4.78 is 1.56. The van der Waals surface area contributed by atoms with E-state index in [1.54, 1.807) is 35.4 Å². The third-order valence-electron chi connectivity index (χ3n) is 5.31. The molecular formula is C23H19ClN6O. The first kappa shape index (κ1) is 19.3. The molecule has 0 saturated carbocycles. The van der Waals surface area contributed by atoms with E-state index in [0.717, 1.165) is 17.9 Å². The van der Waals surface area contributed by atoms with E-state index in [2.05, 4.69) is 37.7 Å². The lowest BCUT2D eigenvalue weighted by atomic mass is 10.1. The molecule has 0 bridgehead atoms. The van der Waals surface area contributed by atoms with Crippen molar-refractivity contribution in [2.75, 3.05) is 10.6 Å². The van der Waals surface area contributed by atoms with E-state index < -0.39 is 0 Å². The highest BCUT2D eigenvalue weighted by Gasteiger charge is 2.31. The highest BCUT2D eigenvalue weighted by Crippen LogP contribution is 2.41. The van der Waals surface area contributed by atoms with Crippen LogP contribution >= 0.6 is 11.6 Å². The molecule has 0 fully saturated rings. The molecule has 8 heteroatoms. The fourth-order valence-corrected chi connectivity index (χ4v) is 3.98. The SMILES string of the molecule is O=c1ccccn1-c1ccc(N[C@@H]2C[C@@H](Nc3ncc(Cl)cn3)c3ccccc32)nc1. The Hall–Kier alpha value is -3.71. The lowest BCUT2D eigenvalue weighted by Crippen LogP contribution is -2.16. The highest BCUT2D eigenvalue weighted by molar-refractivity contribution is 6.30. The van der Waals surface area contributed by atoms with Gasteiger partial charge in [-0.3, -0.25) is 9.36 Å². The summed E-state index contributed by atoms with van der Waals surface area (Å²) in [5, 5.41) is 7.42. The van der Waals surface area contributed by atoms with Crippen LogP contribution in [0, 0.1) is 0 Å². The van der Waals surface area contributed by atoms with Crippen LogP contribution in [0.5, 0.6) is 0 Å². The summed E-state index contributed by atoms with van der Waals surface area (Å²) in [6, 6.07) is 17.3. The van der Waals surface area contributed by atoms with Crippen LogP contribution in [0.4, 0.5) is 11.8 Å². The number of fused-ring (bicyclic) bond motifs is 1. The third kappa shape index (κ3) is 4.00. The van der Waals surface area contributed by atoms with E-state index in [1.165, 1.54) is 17.2 Å². The van der Waals surface area contributed by atoms with Crippen molar-refractivity contribution in [3.8, 4) is 5.69 Å². The maximum atomic E-state index is 12.0. The lowest BCUT2D eigenvalue weighted by molar-refractivity contribution is 0.673. The van der Waals surface area contributed by atoms with Gasteiger partial charge in [0.15, 0.2) is 0 Å². The van der Waals surface area contributed by atoms with Crippen molar-refractivity contribution in [1.29, 1.82) is 0 Å². The summed E-state index contributed by atoms with van der Waals surface area (Å²) in [6.45, 7) is 0. The van der Waals surface area contributed by atoms with E-state index in [1.807, 2.05) is 30.3 Å². The van der Waals surface area contributed by atoms with Crippen LogP contribution in [0.2, 0.25) is 5.02 Å². The predicted octanol–water partition coefficient (Wildman–Crippen LogP) is 4.39. The van der Waals surface area contributed by atoms with Crippen LogP contribution in [-0.4, -0.2) is 19.5 Å². The summed E-state index contributed by atoms with van der Waals surface area (Å²) >= 11 is 5.89. The number of nitrogens with zero attached hydrogens (tertiary/aromatic N) is 4. The Morgan fingerprint density at radius 1 is 0.839 bits per heavy atom. The van der Waals surface area contributed by atoms with Crippen molar-refractivity contribution in [3.63, 3.8) is 0 Å². The molecule has 0 radical (unpaired) electrons. The van der Waals surface area contributed by atoms with Crippen LogP contribution in [0.1, 0.15) is 29.6 Å². The third-order valence-corrected chi connectivity index (χ3v) is 5.51. The van der Waals surface area contributed by atoms with E-state index >= 15 is 0 Å². The van der Waals surface area contributed by atoms with Gasteiger partial charge in [-0.25, -0.2) is 15.0 Å². The summed E-state index contributed by atoms with van der Waals surface area (Å²) in [7, 11) is 0. The van der Waals surface area contributed by atoms with Crippen molar-refractivity contribution in [2.24, 2.45) is 0 Å². The monoisotopic (exact) mass is 430 g/mol. The van der Waals surface area contributed by atoms with Crippen molar-refractivity contribution in [1.82, 2.24) is 19.5 Å². The van der Waals surface area contributed by atoms with Gasteiger partial charge in [0, 0.05) is 12.3 Å². The highest BCUT2D eigenvalue weighted by atomic mass is 35.5. The van der Waals surface area contributed by atoms with Crippen molar-refractivity contribution >= 4 is 23.4 Å². The van der Waals surface area contributed by atoms with Gasteiger partial charge in [-0.1, -0.05) is 41.9 Å². The van der Waals surface area contributed by atoms with Gasteiger partial charge in [-0.05, 0) is 35.7 Å². The van der Waals surface area contributed by atoms with Crippen molar-refractivity contribution in [3.05, 3.63) is 106 Å². The Morgan fingerprint density at radius 3 is 2.23 bits per heavy atom. The molecule has 0 amide bonds. The second kappa shape index (κ2) is 8.20. The van der Waals surface area contributed by atoms with Crippen LogP contribution in [0.15, 0.2) is 84.2 Å². The van der Waals surface area contributed by atoms with Crippen molar-refractivity contribution in [2.45, 2.75) is 18.5 Å². The zero-order valence-corrected chi connectivity index (χ0v) is 17.2. The minimum atomic E-state index is -0.0898. The van der Waals surface area contributed by atoms with Gasteiger partial charge in [0.25, 0.3) is 5.56 Å². The van der Waals surface area contributed by atoms with Gasteiger partial charge in [0.2, 0.25) is 5.95 Å². The van der Waals surface area contributed by atoms with Gasteiger partial charge in [0.1, 0.15) is 5.82 Å². The summed E-state index contributed by atoms with van der Waals surface area (Å²) in [5.41, 5.74) is 3.04. The number of aromatic nitrogens is 4. The molecule has 3 aromatic heterocycles. The molecule has 0 saturated heterocycles. The normalized spacial score (nSPS) is 17.2. The number of pyridine rings is 2. The van der Waals surface area contributed by atoms with Crippen molar-refractivity contribution < 1.29 is 0 Å². The minimum Gasteiger partial charge on any atom is -0.363 e. The quantitative estimate of drug-likeness (QED) is 0.488. The topological polar surface area (TPSA) is 84.7 Å². The van der Waals surface area contributed by atoms with E-state index in [0.29, 0.717) is 11.0 Å². The van der Waals surface area contributed by atoms with Crippen LogP contribution < -0.4 is 16.2 Å². The molecule has 31 heavy (non-hydrogen) atoms. The largest absolute Gasteiger partial charge is 0.363 e. The number of anilines is 2. The Balaban J connectivity index is 1.35. The molecule has 4 aromatic rings. The van der Waals surface area contributed by atoms with E-state index in [-0.39, 0.29) is 17.6 Å². The van der Waals surface area contributed by atoms with Crippen LogP contribution in [0.3, 0.4) is 0 Å². The Kier molecular flexibility index (Phi) is 5.09. The van der Waals surface area contributed by atoms with Crippen LogP contribution in [0.25, 0.3) is 5.69 Å². The number of halogens is 1. The Labute approximate surface area is 183 Å². The zero-order chi connectivity index (χ0) is 21.2. The second-order valence-electron chi connectivity index (χ2n) is 7.29. The molecule has 0 aliphatic heterocycles. The number of rotatable bonds is 5. The molecule has 1 aliphatic carbocycles. The maximum Gasteiger partial charge on any atom is 0.255 e. The molecule has 2 N–H and O–H groups in total. The fourth-order valence-electron chi connectivity index (χ4n) is 3.88. The number of benzene rings is 1. The van der Waals surface area contributed by atoms with Crippen LogP contribution in [-0.2, 0) is 0 Å². The molecule has 7 nitrogen and oxygen atoms in total. The smallest absolute Gasteiger partial charge is 0.255 e. The lowest BCUT2D eigenvalue weighted by Gasteiger charge is -2.16. The first-order chi connectivity index (χ1) is 15.2. The van der Waals surface area contributed by atoms with Gasteiger partial charge in [0.05, 0.1) is 41.4 Å². The summed E-state index contributed by atoms with van der Waals surface area (Å²) in [4.78, 5) is 25.1. The molecule has 1 aromatic carbocycles. The van der Waals surface area contributed by atoms with Gasteiger partial charge in [-0.15, -0.1) is 0 Å². The molecular weight excluding hydrogens is 412 g/mol. The minimum absolute atomic E-state index is 0.0667. The Bertz CT molecular complexity index is 1260. The zero-order valence-electron chi connectivity index (χ0n) is 16.4. The average Bonchev–Trinajstić information content (AvgIpc) is 3.13. The fraction of sp³-hybridized carbons (Fsp3) is 0.130. The van der Waals surface area contributed by atoms with E-state index in [9.17, 15) is 4.79 Å². The molecule has 1 aliphatic rings. The summed E-state index contributed by atoms with van der Waals surface area (Å²) in [6.07, 6.45) is 7.40. The number of hydrogen-bond donors (Lipinski definition) is 2. The predicted molar refractivity (Wildman–Crippen MR) is 121 cm³/mol. The van der Waals surface area contributed by atoms with E-state index in [4.69, 9.17) is 11.6 Å². The first-order valence-electron chi connectivity index (χ1n) is 9.91. The average molecular weight is 431 g/mol. The summed E-state index contributed by atoms with van der Waals surface area (Å²) in [5.74, 6) is 1.29. The first-order valence-corrected chi connectivity index (χ1v) is 10.3. The van der Waals surface area contributed by atoms with Gasteiger partial charge in [-0.2, -0.15) is 0 Å². The molecule has 154 valence electrons. The number of hydrogen-bond acceptors (Lipinski definition) is 6. The molecule has 2 atom stereocenters. The van der Waals surface area contributed by atoms with Gasteiger partial charge < -0.3 is 10.6 Å². The maximum absolute atomic E-state index is 12.0. The molecule has 0 unspecified atom stereocenters. The second-order valence-corrected chi connectivity index (χ2v) is 7.73. The molecule has 5 rings (SSSR count). The Morgan fingerprint density at radius 2 is 1.55 bits per heavy atom.